The van der Waals surface area contributed by atoms with Crippen molar-refractivity contribution in [1.82, 2.24) is 9.27 Å². The van der Waals surface area contributed by atoms with E-state index in [0.29, 0.717) is 10.1 Å². The lowest BCUT2D eigenvalue weighted by Crippen LogP contribution is -2.39. The fraction of sp³-hybridized carbons (Fsp3) is 0.467. The molecule has 3 rings (SSSR count). The zero-order valence-electron chi connectivity index (χ0n) is 11.6. The van der Waals surface area contributed by atoms with Crippen LogP contribution >= 0.6 is 11.5 Å². The van der Waals surface area contributed by atoms with Crippen molar-refractivity contribution >= 4 is 27.5 Å². The summed E-state index contributed by atoms with van der Waals surface area (Å²) in [6, 6.07) is 4.30. The van der Waals surface area contributed by atoms with E-state index in [9.17, 15) is 14.0 Å². The second-order valence-electron chi connectivity index (χ2n) is 5.48. The number of halogens is 1. The average Bonchev–Trinajstić information content (AvgIpc) is 2.75. The molecule has 0 unspecified atom stereocenters. The van der Waals surface area contributed by atoms with Crippen molar-refractivity contribution in [2.75, 3.05) is 0 Å². The zero-order chi connectivity index (χ0) is 14.8. The molecule has 1 amide bonds. The van der Waals surface area contributed by atoms with Crippen molar-refractivity contribution < 1.29 is 9.18 Å². The van der Waals surface area contributed by atoms with Crippen LogP contribution in [0.4, 0.5) is 4.39 Å². The van der Waals surface area contributed by atoms with Gasteiger partial charge >= 0.3 is 0 Å². The second kappa shape index (κ2) is 5.97. The molecule has 2 aromatic rings. The van der Waals surface area contributed by atoms with Gasteiger partial charge in [-0.2, -0.15) is 0 Å². The first-order valence-corrected chi connectivity index (χ1v) is 7.99. The summed E-state index contributed by atoms with van der Waals surface area (Å²) in [4.78, 5) is 24.2. The minimum Gasteiger partial charge on any atom is -0.352 e. The Morgan fingerprint density at radius 3 is 2.86 bits per heavy atom. The smallest absolute Gasteiger partial charge is 0.269 e. The third-order valence-corrected chi connectivity index (χ3v) is 4.92. The van der Waals surface area contributed by atoms with Crippen LogP contribution in [-0.2, 0) is 11.3 Å². The van der Waals surface area contributed by atoms with E-state index in [1.807, 2.05) is 0 Å². The van der Waals surface area contributed by atoms with Crippen molar-refractivity contribution in [2.45, 2.75) is 44.7 Å². The Bertz CT molecular complexity index is 716. The highest BCUT2D eigenvalue weighted by molar-refractivity contribution is 7.13. The van der Waals surface area contributed by atoms with Crippen LogP contribution in [-0.4, -0.2) is 15.9 Å². The first-order chi connectivity index (χ1) is 10.1. The summed E-state index contributed by atoms with van der Waals surface area (Å²) in [6.45, 7) is 0.0102. The molecule has 1 aliphatic rings. The normalized spacial score (nSPS) is 16.2. The molecule has 6 heteroatoms. The summed E-state index contributed by atoms with van der Waals surface area (Å²) < 4.78 is 15.1. The van der Waals surface area contributed by atoms with Crippen LogP contribution < -0.4 is 10.9 Å². The molecule has 1 aromatic heterocycles. The summed E-state index contributed by atoms with van der Waals surface area (Å²) in [5.41, 5.74) is -0.228. The molecule has 1 fully saturated rings. The number of nitrogens with zero attached hydrogens (tertiary/aromatic N) is 1. The van der Waals surface area contributed by atoms with E-state index in [1.165, 1.54) is 28.6 Å². The summed E-state index contributed by atoms with van der Waals surface area (Å²) in [5.74, 6) is -0.515. The molecule has 0 spiro atoms. The van der Waals surface area contributed by atoms with Crippen LogP contribution in [0.3, 0.4) is 0 Å². The Balaban J connectivity index is 1.73. The topological polar surface area (TPSA) is 51.1 Å². The maximum absolute atomic E-state index is 13.2. The van der Waals surface area contributed by atoms with Gasteiger partial charge in [-0.3, -0.25) is 13.5 Å². The van der Waals surface area contributed by atoms with Crippen molar-refractivity contribution in [3.05, 3.63) is 34.4 Å². The Labute approximate surface area is 125 Å². The predicted molar refractivity (Wildman–Crippen MR) is 81.1 cm³/mol. The number of amides is 1. The summed E-state index contributed by atoms with van der Waals surface area (Å²) in [7, 11) is 0. The van der Waals surface area contributed by atoms with Gasteiger partial charge in [0.15, 0.2) is 0 Å². The van der Waals surface area contributed by atoms with Crippen LogP contribution in [0.1, 0.15) is 32.1 Å². The van der Waals surface area contributed by atoms with E-state index in [1.54, 1.807) is 0 Å². The fourth-order valence-electron chi connectivity index (χ4n) is 2.80. The molecule has 0 radical (unpaired) electrons. The molecule has 21 heavy (non-hydrogen) atoms. The van der Waals surface area contributed by atoms with Gasteiger partial charge in [-0.05, 0) is 31.0 Å². The van der Waals surface area contributed by atoms with Crippen molar-refractivity contribution in [3.8, 4) is 0 Å². The molecule has 1 aromatic carbocycles. The van der Waals surface area contributed by atoms with Gasteiger partial charge in [-0.25, -0.2) is 4.39 Å². The van der Waals surface area contributed by atoms with E-state index in [0.717, 1.165) is 37.2 Å². The monoisotopic (exact) mass is 308 g/mol. The molecule has 0 saturated heterocycles. The van der Waals surface area contributed by atoms with E-state index in [-0.39, 0.29) is 29.9 Å². The Morgan fingerprint density at radius 1 is 1.33 bits per heavy atom. The van der Waals surface area contributed by atoms with E-state index < -0.39 is 0 Å². The molecule has 1 heterocycles. The molecular formula is C15H17FN2O2S. The first kappa shape index (κ1) is 14.3. The third-order valence-electron chi connectivity index (χ3n) is 3.87. The number of rotatable bonds is 3. The molecule has 0 atom stereocenters. The standard InChI is InChI=1S/C15H17FN2O2S/c16-10-6-7-12-13(8-10)21-18(15(12)20)9-14(19)17-11-4-2-1-3-5-11/h6-8,11H,1-5,9H2,(H,17,19). The average molecular weight is 308 g/mol. The summed E-state index contributed by atoms with van der Waals surface area (Å²) in [6.07, 6.45) is 5.55. The highest BCUT2D eigenvalue weighted by Crippen LogP contribution is 2.19. The van der Waals surface area contributed by atoms with Crippen molar-refractivity contribution in [2.24, 2.45) is 0 Å². The van der Waals surface area contributed by atoms with Crippen molar-refractivity contribution in [1.29, 1.82) is 0 Å². The highest BCUT2D eigenvalue weighted by atomic mass is 32.1. The van der Waals surface area contributed by atoms with Gasteiger partial charge in [0.2, 0.25) is 5.91 Å². The summed E-state index contributed by atoms with van der Waals surface area (Å²) in [5, 5.41) is 3.45. The van der Waals surface area contributed by atoms with Gasteiger partial charge in [0, 0.05) is 6.04 Å². The van der Waals surface area contributed by atoms with Crippen LogP contribution in [0.5, 0.6) is 0 Å². The van der Waals surface area contributed by atoms with Gasteiger partial charge in [0.05, 0.1) is 10.1 Å². The number of fused-ring (bicyclic) bond motifs is 1. The van der Waals surface area contributed by atoms with E-state index >= 15 is 0 Å². The minimum atomic E-state index is -0.373. The molecule has 4 nitrogen and oxygen atoms in total. The minimum absolute atomic E-state index is 0.0102. The number of hydrogen-bond acceptors (Lipinski definition) is 3. The zero-order valence-corrected chi connectivity index (χ0v) is 12.4. The quantitative estimate of drug-likeness (QED) is 0.947. The SMILES string of the molecule is O=C(Cn1sc2cc(F)ccc2c1=O)NC1CCCCC1. The molecule has 0 aliphatic heterocycles. The number of hydrogen-bond donors (Lipinski definition) is 1. The second-order valence-corrected chi connectivity index (χ2v) is 6.54. The van der Waals surface area contributed by atoms with Gasteiger partial charge < -0.3 is 5.32 Å². The largest absolute Gasteiger partial charge is 0.352 e. The molecular weight excluding hydrogens is 291 g/mol. The predicted octanol–water partition coefficient (Wildman–Crippen LogP) is 2.65. The lowest BCUT2D eigenvalue weighted by Gasteiger charge is -2.22. The number of carbonyl (C=O) groups excluding carboxylic acids is 1. The third kappa shape index (κ3) is 3.15. The fourth-order valence-corrected chi connectivity index (χ4v) is 3.82. The highest BCUT2D eigenvalue weighted by Gasteiger charge is 2.17. The van der Waals surface area contributed by atoms with E-state index in [2.05, 4.69) is 5.32 Å². The Kier molecular flexibility index (Phi) is 4.05. The Morgan fingerprint density at radius 2 is 2.10 bits per heavy atom. The molecule has 1 saturated carbocycles. The first-order valence-electron chi connectivity index (χ1n) is 7.22. The molecule has 1 N–H and O–H groups in total. The lowest BCUT2D eigenvalue weighted by atomic mass is 9.95. The Hall–Kier alpha value is -1.69. The number of carbonyl (C=O) groups is 1. The maximum Gasteiger partial charge on any atom is 0.269 e. The van der Waals surface area contributed by atoms with Crippen LogP contribution in [0, 0.1) is 5.82 Å². The van der Waals surface area contributed by atoms with Crippen molar-refractivity contribution in [3.63, 3.8) is 0 Å². The number of aromatic nitrogens is 1. The van der Waals surface area contributed by atoms with Gasteiger partial charge in [0.25, 0.3) is 5.56 Å². The van der Waals surface area contributed by atoms with Crippen LogP contribution in [0.15, 0.2) is 23.0 Å². The molecule has 112 valence electrons. The van der Waals surface area contributed by atoms with Gasteiger partial charge in [0.1, 0.15) is 12.4 Å². The lowest BCUT2D eigenvalue weighted by molar-refractivity contribution is -0.122. The van der Waals surface area contributed by atoms with Gasteiger partial charge in [-0.15, -0.1) is 0 Å². The molecule has 0 bridgehead atoms. The van der Waals surface area contributed by atoms with Crippen LogP contribution in [0.2, 0.25) is 0 Å². The number of nitrogens with one attached hydrogen (secondary N) is 1. The summed E-state index contributed by atoms with van der Waals surface area (Å²) >= 11 is 1.13. The van der Waals surface area contributed by atoms with Gasteiger partial charge in [-0.1, -0.05) is 30.8 Å². The maximum atomic E-state index is 13.2. The molecule has 1 aliphatic carbocycles. The van der Waals surface area contributed by atoms with E-state index in [4.69, 9.17) is 0 Å². The number of benzene rings is 1. The van der Waals surface area contributed by atoms with Crippen LogP contribution in [0.25, 0.3) is 10.1 Å².